The average Bonchev–Trinajstić information content (AvgIpc) is 2.39. The summed E-state index contributed by atoms with van der Waals surface area (Å²) in [6.45, 7) is 1.93. The topological polar surface area (TPSA) is 74.8 Å². The molecule has 1 amide bonds. The number of carbonyl (C=O) groups is 1. The van der Waals surface area contributed by atoms with Crippen molar-refractivity contribution in [1.82, 2.24) is 9.97 Å². The van der Waals surface area contributed by atoms with Gasteiger partial charge in [-0.25, -0.2) is 9.78 Å². The number of aromatic amines is 1. The number of aryl methyl sites for hydroxylation is 1. The van der Waals surface area contributed by atoms with E-state index in [1.807, 2.05) is 31.2 Å². The maximum atomic E-state index is 11.8. The molecule has 2 rings (SSSR count). The second-order valence-electron chi connectivity index (χ2n) is 3.89. The van der Waals surface area contributed by atoms with E-state index in [4.69, 9.17) is 0 Å². The Morgan fingerprint density at radius 3 is 2.89 bits per heavy atom. The number of hydrogen-bond acceptors (Lipinski definition) is 4. The van der Waals surface area contributed by atoms with E-state index in [2.05, 4.69) is 15.3 Å². The van der Waals surface area contributed by atoms with Gasteiger partial charge in [0, 0.05) is 11.9 Å². The second kappa shape index (κ2) is 6.19. The molecule has 0 aliphatic rings. The molecular formula is C13H13N3O2S. The molecule has 0 atom stereocenters. The van der Waals surface area contributed by atoms with Crippen molar-refractivity contribution in [2.75, 3.05) is 11.1 Å². The third kappa shape index (κ3) is 3.96. The normalized spacial score (nSPS) is 10.2. The summed E-state index contributed by atoms with van der Waals surface area (Å²) >= 11 is 1.26. The zero-order valence-electron chi connectivity index (χ0n) is 10.3. The van der Waals surface area contributed by atoms with E-state index in [0.717, 1.165) is 11.3 Å². The fourth-order valence-electron chi connectivity index (χ4n) is 1.48. The highest BCUT2D eigenvalue weighted by atomic mass is 32.2. The van der Waals surface area contributed by atoms with Crippen molar-refractivity contribution >= 4 is 23.4 Å². The van der Waals surface area contributed by atoms with Crippen LogP contribution in [0.3, 0.4) is 0 Å². The van der Waals surface area contributed by atoms with Crippen LogP contribution in [0.4, 0.5) is 5.69 Å². The maximum absolute atomic E-state index is 11.8. The minimum Gasteiger partial charge on any atom is -0.325 e. The van der Waals surface area contributed by atoms with Crippen molar-refractivity contribution in [1.29, 1.82) is 0 Å². The van der Waals surface area contributed by atoms with Crippen LogP contribution in [0.5, 0.6) is 0 Å². The lowest BCUT2D eigenvalue weighted by atomic mass is 10.2. The molecule has 1 aromatic carbocycles. The average molecular weight is 275 g/mol. The molecule has 98 valence electrons. The van der Waals surface area contributed by atoms with Crippen LogP contribution in [-0.4, -0.2) is 21.6 Å². The Labute approximate surface area is 114 Å². The van der Waals surface area contributed by atoms with Gasteiger partial charge in [-0.15, -0.1) is 0 Å². The third-order valence-electron chi connectivity index (χ3n) is 2.43. The molecular weight excluding hydrogens is 262 g/mol. The molecule has 0 bridgehead atoms. The highest BCUT2D eigenvalue weighted by Gasteiger charge is 2.05. The number of anilines is 1. The Kier molecular flexibility index (Phi) is 4.35. The molecule has 0 spiro atoms. The van der Waals surface area contributed by atoms with E-state index in [1.165, 1.54) is 18.0 Å². The largest absolute Gasteiger partial charge is 0.345 e. The lowest BCUT2D eigenvalue weighted by Gasteiger charge is -2.07. The summed E-state index contributed by atoms with van der Waals surface area (Å²) in [5, 5.41) is 3.45. The van der Waals surface area contributed by atoms with Crippen LogP contribution in [0.2, 0.25) is 0 Å². The molecule has 0 saturated heterocycles. The minimum absolute atomic E-state index is 0.114. The van der Waals surface area contributed by atoms with Crippen molar-refractivity contribution in [2.45, 2.75) is 11.9 Å². The zero-order valence-corrected chi connectivity index (χ0v) is 11.2. The van der Waals surface area contributed by atoms with Crippen LogP contribution in [0.25, 0.3) is 0 Å². The summed E-state index contributed by atoms with van der Waals surface area (Å²) in [4.78, 5) is 28.8. The fraction of sp³-hybridized carbons (Fsp3) is 0.154. The van der Waals surface area contributed by atoms with Crippen molar-refractivity contribution < 1.29 is 4.79 Å². The van der Waals surface area contributed by atoms with Gasteiger partial charge < -0.3 is 10.3 Å². The molecule has 0 saturated carbocycles. The number of hydrogen-bond donors (Lipinski definition) is 2. The third-order valence-corrected chi connectivity index (χ3v) is 3.38. The molecule has 0 radical (unpaired) electrons. The van der Waals surface area contributed by atoms with Gasteiger partial charge in [0.2, 0.25) is 5.91 Å². The van der Waals surface area contributed by atoms with Crippen LogP contribution in [0.1, 0.15) is 5.56 Å². The highest BCUT2D eigenvalue weighted by Crippen LogP contribution is 2.16. The summed E-state index contributed by atoms with van der Waals surface area (Å²) in [6.07, 6.45) is 1.42. The van der Waals surface area contributed by atoms with Gasteiger partial charge >= 0.3 is 5.69 Å². The number of thioether (sulfide) groups is 1. The van der Waals surface area contributed by atoms with Crippen molar-refractivity contribution in [3.63, 3.8) is 0 Å². The first-order valence-electron chi connectivity index (χ1n) is 5.69. The zero-order chi connectivity index (χ0) is 13.7. The lowest BCUT2D eigenvalue weighted by molar-refractivity contribution is -0.113. The molecule has 6 heteroatoms. The number of amides is 1. The molecule has 0 aliphatic carbocycles. The Balaban J connectivity index is 1.92. The Bertz CT molecular complexity index is 640. The Hall–Kier alpha value is -2.08. The summed E-state index contributed by atoms with van der Waals surface area (Å²) in [7, 11) is 0. The van der Waals surface area contributed by atoms with Crippen LogP contribution in [-0.2, 0) is 4.79 Å². The standard InChI is InChI=1S/C13H13N3O2S/c1-9-4-2-3-5-10(9)15-11(17)8-19-12-6-7-14-13(18)16-12/h2-7H,8H2,1H3,(H,15,17)(H,14,16,18). The lowest BCUT2D eigenvalue weighted by Crippen LogP contribution is -2.15. The van der Waals surface area contributed by atoms with Gasteiger partial charge in [-0.05, 0) is 24.6 Å². The first-order valence-corrected chi connectivity index (χ1v) is 6.67. The number of para-hydroxylation sites is 1. The van der Waals surface area contributed by atoms with Gasteiger partial charge in [-0.1, -0.05) is 30.0 Å². The molecule has 2 N–H and O–H groups in total. The van der Waals surface area contributed by atoms with Gasteiger partial charge in [0.05, 0.1) is 10.8 Å². The van der Waals surface area contributed by atoms with Crippen LogP contribution in [0.15, 0.2) is 46.3 Å². The second-order valence-corrected chi connectivity index (χ2v) is 4.91. The fourth-order valence-corrected chi connectivity index (χ4v) is 2.15. The number of H-pyrrole nitrogens is 1. The number of carbonyl (C=O) groups excluding carboxylic acids is 1. The van der Waals surface area contributed by atoms with E-state index >= 15 is 0 Å². The molecule has 0 aliphatic heterocycles. The molecule has 1 heterocycles. The highest BCUT2D eigenvalue weighted by molar-refractivity contribution is 7.99. The minimum atomic E-state index is -0.413. The molecule has 19 heavy (non-hydrogen) atoms. The predicted molar refractivity (Wildman–Crippen MR) is 75.4 cm³/mol. The molecule has 0 unspecified atom stereocenters. The monoisotopic (exact) mass is 275 g/mol. The number of nitrogens with one attached hydrogen (secondary N) is 2. The number of rotatable bonds is 4. The predicted octanol–water partition coefficient (Wildman–Crippen LogP) is 1.81. The molecule has 1 aromatic heterocycles. The van der Waals surface area contributed by atoms with E-state index in [-0.39, 0.29) is 11.7 Å². The van der Waals surface area contributed by atoms with Crippen molar-refractivity contribution in [3.8, 4) is 0 Å². The SMILES string of the molecule is Cc1ccccc1NC(=O)CSc1ccnc(=O)[nH]1. The van der Waals surface area contributed by atoms with E-state index in [1.54, 1.807) is 6.07 Å². The summed E-state index contributed by atoms with van der Waals surface area (Å²) in [6, 6.07) is 9.24. The number of benzene rings is 1. The molecule has 0 fully saturated rings. The van der Waals surface area contributed by atoms with Gasteiger partial charge in [0.1, 0.15) is 0 Å². The Morgan fingerprint density at radius 2 is 2.16 bits per heavy atom. The van der Waals surface area contributed by atoms with Gasteiger partial charge in [-0.2, -0.15) is 0 Å². The quantitative estimate of drug-likeness (QED) is 0.659. The van der Waals surface area contributed by atoms with Gasteiger partial charge in [-0.3, -0.25) is 4.79 Å². The first kappa shape index (κ1) is 13.4. The van der Waals surface area contributed by atoms with Gasteiger partial charge in [0.25, 0.3) is 0 Å². The number of nitrogens with zero attached hydrogens (tertiary/aromatic N) is 1. The smallest absolute Gasteiger partial charge is 0.325 e. The van der Waals surface area contributed by atoms with E-state index in [9.17, 15) is 9.59 Å². The molecule has 5 nitrogen and oxygen atoms in total. The van der Waals surface area contributed by atoms with E-state index in [0.29, 0.717) is 5.03 Å². The Morgan fingerprint density at radius 1 is 1.37 bits per heavy atom. The first-order chi connectivity index (χ1) is 9.15. The summed E-state index contributed by atoms with van der Waals surface area (Å²) < 4.78 is 0. The van der Waals surface area contributed by atoms with Crippen LogP contribution < -0.4 is 11.0 Å². The number of aromatic nitrogens is 2. The van der Waals surface area contributed by atoms with E-state index < -0.39 is 5.69 Å². The maximum Gasteiger partial charge on any atom is 0.345 e. The molecule has 2 aromatic rings. The van der Waals surface area contributed by atoms with Crippen LogP contribution in [0, 0.1) is 6.92 Å². The summed E-state index contributed by atoms with van der Waals surface area (Å²) in [5.74, 6) is 0.117. The van der Waals surface area contributed by atoms with Crippen molar-refractivity contribution in [2.24, 2.45) is 0 Å². The van der Waals surface area contributed by atoms with Crippen molar-refractivity contribution in [3.05, 3.63) is 52.6 Å². The van der Waals surface area contributed by atoms with Crippen LogP contribution >= 0.6 is 11.8 Å². The van der Waals surface area contributed by atoms with Gasteiger partial charge in [0.15, 0.2) is 0 Å². The summed E-state index contributed by atoms with van der Waals surface area (Å²) in [5.41, 5.74) is 1.40.